The second-order valence-corrected chi connectivity index (χ2v) is 7.69. The molecular formula is C18H21NO2S. The first-order valence-corrected chi connectivity index (χ1v) is 9.21. The van der Waals surface area contributed by atoms with E-state index in [0.717, 1.165) is 24.8 Å². The number of sulfonamides is 1. The van der Waals surface area contributed by atoms with E-state index < -0.39 is 10.0 Å². The van der Waals surface area contributed by atoms with Crippen LogP contribution in [-0.2, 0) is 29.4 Å². The van der Waals surface area contributed by atoms with Crippen LogP contribution in [0.5, 0.6) is 0 Å². The quantitative estimate of drug-likeness (QED) is 0.867. The van der Waals surface area contributed by atoms with Gasteiger partial charge in [-0.1, -0.05) is 49.7 Å². The molecule has 0 N–H and O–H groups in total. The Morgan fingerprint density at radius 3 is 2.36 bits per heavy atom. The number of rotatable bonds is 4. The van der Waals surface area contributed by atoms with Crippen LogP contribution in [0, 0.1) is 0 Å². The highest BCUT2D eigenvalue weighted by atomic mass is 32.2. The van der Waals surface area contributed by atoms with Gasteiger partial charge in [0, 0.05) is 13.1 Å². The van der Waals surface area contributed by atoms with Crippen molar-refractivity contribution in [3.05, 3.63) is 65.2 Å². The maximum absolute atomic E-state index is 12.8. The Balaban J connectivity index is 1.84. The SMILES string of the molecule is CCCc1ccc(S(=O)(=O)N2CCc3ccccc3C2)cc1. The molecule has 22 heavy (non-hydrogen) atoms. The van der Waals surface area contributed by atoms with Gasteiger partial charge in [-0.15, -0.1) is 0 Å². The zero-order chi connectivity index (χ0) is 15.6. The molecule has 1 aliphatic heterocycles. The second-order valence-electron chi connectivity index (χ2n) is 5.75. The van der Waals surface area contributed by atoms with Crippen LogP contribution in [-0.4, -0.2) is 19.3 Å². The minimum atomic E-state index is -3.40. The highest BCUT2D eigenvalue weighted by Crippen LogP contribution is 2.25. The number of hydrogen-bond donors (Lipinski definition) is 0. The predicted octanol–water partition coefficient (Wildman–Crippen LogP) is 3.39. The van der Waals surface area contributed by atoms with Crippen LogP contribution in [0.3, 0.4) is 0 Å². The maximum Gasteiger partial charge on any atom is 0.243 e. The molecule has 0 saturated heterocycles. The molecule has 116 valence electrons. The molecule has 0 fully saturated rings. The van der Waals surface area contributed by atoms with Crippen LogP contribution < -0.4 is 0 Å². The number of fused-ring (bicyclic) bond motifs is 1. The van der Waals surface area contributed by atoms with Crippen molar-refractivity contribution >= 4 is 10.0 Å². The van der Waals surface area contributed by atoms with Crippen molar-refractivity contribution in [2.24, 2.45) is 0 Å². The summed E-state index contributed by atoms with van der Waals surface area (Å²) >= 11 is 0. The Kier molecular flexibility index (Phi) is 4.32. The molecule has 3 rings (SSSR count). The third kappa shape index (κ3) is 2.94. The summed E-state index contributed by atoms with van der Waals surface area (Å²) in [5.41, 5.74) is 3.55. The summed E-state index contributed by atoms with van der Waals surface area (Å²) in [5, 5.41) is 0. The molecule has 2 aromatic rings. The van der Waals surface area contributed by atoms with Gasteiger partial charge in [0.2, 0.25) is 10.0 Å². The fourth-order valence-corrected chi connectivity index (χ4v) is 4.36. The van der Waals surface area contributed by atoms with E-state index in [4.69, 9.17) is 0 Å². The monoisotopic (exact) mass is 315 g/mol. The molecule has 0 spiro atoms. The lowest BCUT2D eigenvalue weighted by Gasteiger charge is -2.28. The Labute approximate surface area is 132 Å². The van der Waals surface area contributed by atoms with Crippen molar-refractivity contribution in [1.29, 1.82) is 0 Å². The highest BCUT2D eigenvalue weighted by molar-refractivity contribution is 7.89. The normalized spacial score (nSPS) is 15.5. The van der Waals surface area contributed by atoms with Gasteiger partial charge in [-0.2, -0.15) is 4.31 Å². The van der Waals surface area contributed by atoms with Gasteiger partial charge >= 0.3 is 0 Å². The van der Waals surface area contributed by atoms with Crippen LogP contribution >= 0.6 is 0 Å². The first kappa shape index (κ1) is 15.3. The molecule has 0 saturated carbocycles. The molecule has 3 nitrogen and oxygen atoms in total. The van der Waals surface area contributed by atoms with Gasteiger partial charge in [-0.3, -0.25) is 0 Å². The predicted molar refractivity (Wildman–Crippen MR) is 88.2 cm³/mol. The van der Waals surface area contributed by atoms with E-state index in [2.05, 4.69) is 13.0 Å². The van der Waals surface area contributed by atoms with E-state index in [1.54, 1.807) is 16.4 Å². The number of hydrogen-bond acceptors (Lipinski definition) is 2. The van der Waals surface area contributed by atoms with Crippen molar-refractivity contribution in [2.45, 2.75) is 37.6 Å². The third-order valence-corrected chi connectivity index (χ3v) is 6.05. The average molecular weight is 315 g/mol. The first-order chi connectivity index (χ1) is 10.6. The molecule has 1 heterocycles. The van der Waals surface area contributed by atoms with Crippen molar-refractivity contribution < 1.29 is 8.42 Å². The van der Waals surface area contributed by atoms with Gasteiger partial charge in [0.1, 0.15) is 0 Å². The summed E-state index contributed by atoms with van der Waals surface area (Å²) in [4.78, 5) is 0.395. The standard InChI is InChI=1S/C18H21NO2S/c1-2-5-15-8-10-18(11-9-15)22(20,21)19-13-12-16-6-3-4-7-17(16)14-19/h3-4,6-11H,2,5,12-14H2,1H3. The van der Waals surface area contributed by atoms with Crippen LogP contribution in [0.25, 0.3) is 0 Å². The summed E-state index contributed by atoms with van der Waals surface area (Å²) in [6.45, 7) is 3.14. The zero-order valence-corrected chi connectivity index (χ0v) is 13.6. The van der Waals surface area contributed by atoms with E-state index in [1.165, 1.54) is 11.1 Å². The Morgan fingerprint density at radius 1 is 1.00 bits per heavy atom. The molecule has 1 aliphatic rings. The van der Waals surface area contributed by atoms with Crippen molar-refractivity contribution in [1.82, 2.24) is 4.31 Å². The molecule has 0 aliphatic carbocycles. The zero-order valence-electron chi connectivity index (χ0n) is 12.8. The van der Waals surface area contributed by atoms with Gasteiger partial charge in [-0.05, 0) is 41.7 Å². The largest absolute Gasteiger partial charge is 0.243 e. The molecule has 0 aromatic heterocycles. The molecule has 0 radical (unpaired) electrons. The van der Waals surface area contributed by atoms with Gasteiger partial charge in [-0.25, -0.2) is 8.42 Å². The van der Waals surface area contributed by atoms with E-state index >= 15 is 0 Å². The smallest absolute Gasteiger partial charge is 0.207 e. The van der Waals surface area contributed by atoms with Crippen LogP contribution in [0.2, 0.25) is 0 Å². The molecular weight excluding hydrogens is 294 g/mol. The molecule has 0 unspecified atom stereocenters. The maximum atomic E-state index is 12.8. The minimum absolute atomic E-state index is 0.395. The van der Waals surface area contributed by atoms with Gasteiger partial charge in [0.05, 0.1) is 4.90 Å². The van der Waals surface area contributed by atoms with E-state index in [-0.39, 0.29) is 0 Å². The first-order valence-electron chi connectivity index (χ1n) is 7.77. The Morgan fingerprint density at radius 2 is 1.68 bits per heavy atom. The van der Waals surface area contributed by atoms with E-state index in [1.807, 2.05) is 30.3 Å². The number of nitrogens with zero attached hydrogens (tertiary/aromatic N) is 1. The average Bonchev–Trinajstić information content (AvgIpc) is 2.55. The second kappa shape index (κ2) is 6.23. The lowest BCUT2D eigenvalue weighted by molar-refractivity contribution is 0.391. The van der Waals surface area contributed by atoms with Gasteiger partial charge in [0.15, 0.2) is 0 Å². The fraction of sp³-hybridized carbons (Fsp3) is 0.333. The number of aryl methyl sites for hydroxylation is 1. The highest BCUT2D eigenvalue weighted by Gasteiger charge is 2.27. The van der Waals surface area contributed by atoms with Gasteiger partial charge < -0.3 is 0 Å². The molecule has 0 amide bonds. The van der Waals surface area contributed by atoms with E-state index in [0.29, 0.717) is 18.0 Å². The molecule has 2 aromatic carbocycles. The lowest BCUT2D eigenvalue weighted by Crippen LogP contribution is -2.35. The molecule has 0 bridgehead atoms. The Bertz CT molecular complexity index is 751. The minimum Gasteiger partial charge on any atom is -0.207 e. The summed E-state index contributed by atoms with van der Waals surface area (Å²) in [6.07, 6.45) is 2.83. The van der Waals surface area contributed by atoms with E-state index in [9.17, 15) is 8.42 Å². The topological polar surface area (TPSA) is 37.4 Å². The molecule has 0 atom stereocenters. The Hall–Kier alpha value is -1.65. The summed E-state index contributed by atoms with van der Waals surface area (Å²) in [7, 11) is -3.40. The summed E-state index contributed by atoms with van der Waals surface area (Å²) in [5.74, 6) is 0. The molecule has 4 heteroatoms. The summed E-state index contributed by atoms with van der Waals surface area (Å²) in [6, 6.07) is 15.4. The third-order valence-electron chi connectivity index (χ3n) is 4.20. The lowest BCUT2D eigenvalue weighted by atomic mass is 10.0. The van der Waals surface area contributed by atoms with Crippen molar-refractivity contribution in [2.75, 3.05) is 6.54 Å². The van der Waals surface area contributed by atoms with Gasteiger partial charge in [0.25, 0.3) is 0 Å². The fourth-order valence-electron chi connectivity index (χ4n) is 2.94. The van der Waals surface area contributed by atoms with Crippen molar-refractivity contribution in [3.8, 4) is 0 Å². The van der Waals surface area contributed by atoms with Crippen LogP contribution in [0.4, 0.5) is 0 Å². The number of benzene rings is 2. The van der Waals surface area contributed by atoms with Crippen molar-refractivity contribution in [3.63, 3.8) is 0 Å². The van der Waals surface area contributed by atoms with Crippen LogP contribution in [0.15, 0.2) is 53.4 Å². The summed E-state index contributed by atoms with van der Waals surface area (Å²) < 4.78 is 27.2. The van der Waals surface area contributed by atoms with Crippen LogP contribution in [0.1, 0.15) is 30.0 Å².